The summed E-state index contributed by atoms with van der Waals surface area (Å²) in [5.74, 6) is 0. The lowest BCUT2D eigenvalue weighted by atomic mass is 10.2. The predicted octanol–water partition coefficient (Wildman–Crippen LogP) is 4.60. The minimum absolute atomic E-state index is 0.750. The minimum Gasteiger partial charge on any atom is -0.317 e. The van der Waals surface area contributed by atoms with Crippen molar-refractivity contribution in [2.24, 2.45) is 0 Å². The molecule has 0 aliphatic heterocycles. The van der Waals surface area contributed by atoms with Gasteiger partial charge in [-0.25, -0.2) is 0 Å². The SMILES string of the molecule is CCNCC.Cc1ccccc1.ClC(Cl)Cl. The molecule has 16 heavy (non-hydrogen) atoms. The second kappa shape index (κ2) is 15.0. The lowest BCUT2D eigenvalue weighted by Gasteiger charge is -1.86. The minimum atomic E-state index is -0.750. The molecule has 0 spiro atoms. The van der Waals surface area contributed by atoms with E-state index in [4.69, 9.17) is 34.8 Å². The Morgan fingerprint density at radius 1 is 1.00 bits per heavy atom. The zero-order valence-corrected chi connectivity index (χ0v) is 12.3. The fourth-order valence-corrected chi connectivity index (χ4v) is 0.784. The summed E-state index contributed by atoms with van der Waals surface area (Å²) in [7, 11) is 0. The third-order valence-electron chi connectivity index (χ3n) is 1.44. The molecule has 0 aliphatic rings. The van der Waals surface area contributed by atoms with Gasteiger partial charge in [-0.2, -0.15) is 0 Å². The van der Waals surface area contributed by atoms with Crippen LogP contribution in [0.2, 0.25) is 0 Å². The van der Waals surface area contributed by atoms with E-state index in [-0.39, 0.29) is 0 Å². The summed E-state index contributed by atoms with van der Waals surface area (Å²) in [5.41, 5.74) is 1.32. The molecule has 0 amide bonds. The Morgan fingerprint density at radius 3 is 1.50 bits per heavy atom. The van der Waals surface area contributed by atoms with E-state index in [9.17, 15) is 0 Å². The quantitative estimate of drug-likeness (QED) is 0.783. The number of hydrogen-bond donors (Lipinski definition) is 1. The summed E-state index contributed by atoms with van der Waals surface area (Å²) >= 11 is 14.4. The summed E-state index contributed by atoms with van der Waals surface area (Å²) in [6, 6.07) is 10.3. The second-order valence-electron chi connectivity index (χ2n) is 2.86. The van der Waals surface area contributed by atoms with Gasteiger partial charge in [0.05, 0.1) is 0 Å². The molecule has 1 aromatic rings. The van der Waals surface area contributed by atoms with Crippen LogP contribution in [0.1, 0.15) is 19.4 Å². The van der Waals surface area contributed by atoms with Crippen LogP contribution in [0.4, 0.5) is 0 Å². The Labute approximate surface area is 114 Å². The van der Waals surface area contributed by atoms with Gasteiger partial charge in [0.1, 0.15) is 0 Å². The van der Waals surface area contributed by atoms with Crippen molar-refractivity contribution in [1.82, 2.24) is 5.32 Å². The molecule has 0 aromatic heterocycles. The number of alkyl halides is 3. The maximum Gasteiger partial charge on any atom is 0.180 e. The monoisotopic (exact) mass is 283 g/mol. The summed E-state index contributed by atoms with van der Waals surface area (Å²) in [6.07, 6.45) is 0. The molecular weight excluding hydrogens is 264 g/mol. The molecule has 0 unspecified atom stereocenters. The average Bonchev–Trinajstić information content (AvgIpc) is 2.20. The van der Waals surface area contributed by atoms with Crippen molar-refractivity contribution in [3.63, 3.8) is 0 Å². The van der Waals surface area contributed by atoms with Crippen LogP contribution in [-0.2, 0) is 0 Å². The molecule has 1 rings (SSSR count). The average molecular weight is 285 g/mol. The maximum atomic E-state index is 4.81. The largest absolute Gasteiger partial charge is 0.317 e. The molecule has 0 saturated carbocycles. The first-order valence-corrected chi connectivity index (χ1v) is 6.50. The molecule has 0 radical (unpaired) electrons. The Kier molecular flexibility index (Phi) is 17.3. The van der Waals surface area contributed by atoms with Crippen molar-refractivity contribution in [1.29, 1.82) is 0 Å². The Morgan fingerprint density at radius 2 is 1.38 bits per heavy atom. The molecule has 1 aromatic carbocycles. The van der Waals surface area contributed by atoms with Gasteiger partial charge in [-0.05, 0) is 20.0 Å². The van der Waals surface area contributed by atoms with E-state index in [0.29, 0.717) is 0 Å². The first-order valence-electron chi connectivity index (χ1n) is 5.19. The van der Waals surface area contributed by atoms with Crippen LogP contribution in [0.3, 0.4) is 0 Å². The van der Waals surface area contributed by atoms with Crippen molar-refractivity contribution in [3.8, 4) is 0 Å². The van der Waals surface area contributed by atoms with Gasteiger partial charge in [0, 0.05) is 0 Å². The van der Waals surface area contributed by atoms with E-state index in [1.54, 1.807) is 0 Å². The molecule has 1 N–H and O–H groups in total. The fraction of sp³-hybridized carbons (Fsp3) is 0.500. The summed E-state index contributed by atoms with van der Waals surface area (Å²) in [6.45, 7) is 8.47. The van der Waals surface area contributed by atoms with Gasteiger partial charge in [-0.3, -0.25) is 0 Å². The molecule has 0 bridgehead atoms. The molecule has 1 nitrogen and oxygen atoms in total. The highest BCUT2D eigenvalue weighted by Crippen LogP contribution is 2.03. The van der Waals surface area contributed by atoms with Gasteiger partial charge in [0.15, 0.2) is 4.30 Å². The van der Waals surface area contributed by atoms with E-state index in [1.165, 1.54) is 5.56 Å². The molecule has 0 saturated heterocycles. The fourth-order valence-electron chi connectivity index (χ4n) is 0.784. The number of halogens is 3. The molecular formula is C12H20Cl3N. The lowest BCUT2D eigenvalue weighted by molar-refractivity contribution is 0.762. The molecule has 0 atom stereocenters. The highest BCUT2D eigenvalue weighted by atomic mass is 35.6. The van der Waals surface area contributed by atoms with Crippen molar-refractivity contribution >= 4 is 34.8 Å². The Hall–Kier alpha value is 0.0500. The van der Waals surface area contributed by atoms with E-state index in [2.05, 4.69) is 38.2 Å². The summed E-state index contributed by atoms with van der Waals surface area (Å²) < 4.78 is -0.750. The first kappa shape index (κ1) is 18.4. The second-order valence-corrected chi connectivity index (χ2v) is 4.84. The summed E-state index contributed by atoms with van der Waals surface area (Å²) in [4.78, 5) is 0. The number of benzene rings is 1. The Bertz CT molecular complexity index is 210. The van der Waals surface area contributed by atoms with Crippen molar-refractivity contribution < 1.29 is 0 Å². The van der Waals surface area contributed by atoms with Crippen LogP contribution < -0.4 is 5.32 Å². The molecule has 94 valence electrons. The van der Waals surface area contributed by atoms with E-state index in [0.717, 1.165) is 13.1 Å². The van der Waals surface area contributed by atoms with Gasteiger partial charge in [0.25, 0.3) is 0 Å². The standard InChI is InChI=1S/C7H8.C4H11N.CHCl3/c1-7-5-3-2-4-6-7;1-3-5-4-2;2-1(3)4/h2-6H,1H3;5H,3-4H2,1-2H3;1H. The number of aryl methyl sites for hydroxylation is 1. The maximum absolute atomic E-state index is 4.81. The van der Waals surface area contributed by atoms with Crippen LogP contribution >= 0.6 is 34.8 Å². The van der Waals surface area contributed by atoms with Gasteiger partial charge in [0.2, 0.25) is 0 Å². The van der Waals surface area contributed by atoms with Gasteiger partial charge < -0.3 is 5.32 Å². The van der Waals surface area contributed by atoms with E-state index < -0.39 is 4.30 Å². The zero-order valence-electron chi connectivity index (χ0n) is 10.0. The van der Waals surface area contributed by atoms with E-state index >= 15 is 0 Å². The number of nitrogens with one attached hydrogen (secondary N) is 1. The van der Waals surface area contributed by atoms with Crippen LogP contribution in [0, 0.1) is 6.92 Å². The van der Waals surface area contributed by atoms with Crippen LogP contribution in [0.25, 0.3) is 0 Å². The van der Waals surface area contributed by atoms with Gasteiger partial charge in [-0.1, -0.05) is 84.5 Å². The van der Waals surface area contributed by atoms with Gasteiger partial charge in [-0.15, -0.1) is 0 Å². The van der Waals surface area contributed by atoms with Crippen molar-refractivity contribution in [3.05, 3.63) is 35.9 Å². The normalized spacial score (nSPS) is 8.69. The highest BCUT2D eigenvalue weighted by Gasteiger charge is 1.78. The zero-order chi connectivity index (χ0) is 12.8. The lowest BCUT2D eigenvalue weighted by Crippen LogP contribution is -2.09. The van der Waals surface area contributed by atoms with Crippen LogP contribution in [0.5, 0.6) is 0 Å². The molecule has 0 heterocycles. The predicted molar refractivity (Wildman–Crippen MR) is 76.7 cm³/mol. The molecule has 0 aliphatic carbocycles. The van der Waals surface area contributed by atoms with Crippen LogP contribution in [0.15, 0.2) is 30.3 Å². The van der Waals surface area contributed by atoms with Crippen LogP contribution in [-0.4, -0.2) is 17.4 Å². The Balaban J connectivity index is 0. The number of hydrogen-bond acceptors (Lipinski definition) is 1. The summed E-state index contributed by atoms with van der Waals surface area (Å²) in [5, 5.41) is 3.11. The number of rotatable bonds is 2. The van der Waals surface area contributed by atoms with Crippen molar-refractivity contribution in [2.75, 3.05) is 13.1 Å². The van der Waals surface area contributed by atoms with Crippen molar-refractivity contribution in [2.45, 2.75) is 25.1 Å². The molecule has 4 heteroatoms. The smallest absolute Gasteiger partial charge is 0.180 e. The van der Waals surface area contributed by atoms with E-state index in [1.807, 2.05) is 18.2 Å². The molecule has 0 fully saturated rings. The first-order chi connectivity index (χ1) is 7.54. The third kappa shape index (κ3) is 23.7. The highest BCUT2D eigenvalue weighted by molar-refractivity contribution is 6.63. The topological polar surface area (TPSA) is 12.0 Å². The third-order valence-corrected chi connectivity index (χ3v) is 1.44. The van der Waals surface area contributed by atoms with Gasteiger partial charge >= 0.3 is 0 Å².